The summed E-state index contributed by atoms with van der Waals surface area (Å²) in [6, 6.07) is -0.705. The Hall–Kier alpha value is -0.760. The van der Waals surface area contributed by atoms with E-state index in [0.29, 0.717) is 0 Å². The molecule has 0 aromatic heterocycles. The fourth-order valence-electron chi connectivity index (χ4n) is 2.08. The van der Waals surface area contributed by atoms with Gasteiger partial charge in [0.05, 0.1) is 6.04 Å². The molecule has 1 aliphatic carbocycles. The van der Waals surface area contributed by atoms with Crippen LogP contribution < -0.4 is 10.6 Å². The van der Waals surface area contributed by atoms with E-state index in [2.05, 4.69) is 10.6 Å². The Kier molecular flexibility index (Phi) is 6.81. The van der Waals surface area contributed by atoms with Crippen LogP contribution in [0.1, 0.15) is 32.1 Å². The third-order valence-corrected chi connectivity index (χ3v) is 4.22. The molecule has 1 rings (SSSR count). The van der Waals surface area contributed by atoms with Gasteiger partial charge in [-0.05, 0) is 19.9 Å². The molecule has 0 heterocycles. The van der Waals surface area contributed by atoms with Crippen molar-refractivity contribution in [1.82, 2.24) is 10.6 Å². The highest BCUT2D eigenvalue weighted by atomic mass is 32.2. The van der Waals surface area contributed by atoms with E-state index in [4.69, 9.17) is 0 Å². The first-order valence-corrected chi connectivity index (χ1v) is 7.54. The highest BCUT2D eigenvalue weighted by Crippen LogP contribution is 2.24. The number of hydrogen-bond donors (Lipinski definition) is 2. The average molecular weight is 312 g/mol. The minimum Gasteiger partial charge on any atom is -0.352 e. The van der Waals surface area contributed by atoms with Crippen molar-refractivity contribution in [2.45, 2.75) is 50.4 Å². The number of hydrogen-bond acceptors (Lipinski definition) is 4. The average Bonchev–Trinajstić information content (AvgIpc) is 2.39. The predicted molar refractivity (Wildman–Crippen MR) is 71.4 cm³/mol. The monoisotopic (exact) mass is 312 g/mol. The number of amides is 1. The van der Waals surface area contributed by atoms with E-state index in [0.717, 1.165) is 32.1 Å². The zero-order valence-corrected chi connectivity index (χ0v) is 12.1. The van der Waals surface area contributed by atoms with Crippen molar-refractivity contribution in [2.24, 2.45) is 0 Å². The van der Waals surface area contributed by atoms with Crippen LogP contribution in [0.2, 0.25) is 0 Å². The molecule has 20 heavy (non-hydrogen) atoms. The molecular formula is C12H19F3N2O2S. The Balaban J connectivity index is 2.40. The van der Waals surface area contributed by atoms with Crippen LogP contribution >= 0.6 is 11.8 Å². The van der Waals surface area contributed by atoms with Crippen LogP contribution in [0, 0.1) is 0 Å². The summed E-state index contributed by atoms with van der Waals surface area (Å²) in [5.41, 5.74) is 0. The molecule has 0 saturated heterocycles. The van der Waals surface area contributed by atoms with Crippen LogP contribution in [-0.4, -0.2) is 42.1 Å². The van der Waals surface area contributed by atoms with Crippen molar-refractivity contribution in [3.8, 4) is 0 Å². The van der Waals surface area contributed by atoms with Gasteiger partial charge in [0.25, 0.3) is 5.12 Å². The highest BCUT2D eigenvalue weighted by Gasteiger charge is 2.39. The van der Waals surface area contributed by atoms with Crippen LogP contribution in [0.5, 0.6) is 0 Å². The minimum absolute atomic E-state index is 0.0930. The zero-order chi connectivity index (χ0) is 15.2. The summed E-state index contributed by atoms with van der Waals surface area (Å²) in [7, 11) is 1.49. The van der Waals surface area contributed by atoms with Crippen molar-refractivity contribution < 1.29 is 22.8 Å². The topological polar surface area (TPSA) is 58.2 Å². The molecule has 1 saturated carbocycles. The van der Waals surface area contributed by atoms with E-state index in [9.17, 15) is 22.8 Å². The zero-order valence-electron chi connectivity index (χ0n) is 11.3. The molecule has 0 radical (unpaired) electrons. The Morgan fingerprint density at radius 3 is 2.35 bits per heavy atom. The molecule has 0 aromatic carbocycles. The van der Waals surface area contributed by atoms with Crippen molar-refractivity contribution >= 4 is 22.8 Å². The molecule has 0 spiro atoms. The third-order valence-electron chi connectivity index (χ3n) is 3.23. The maximum atomic E-state index is 12.1. The van der Waals surface area contributed by atoms with Crippen molar-refractivity contribution in [1.29, 1.82) is 0 Å². The Labute approximate surface area is 120 Å². The summed E-state index contributed by atoms with van der Waals surface area (Å²) >= 11 is 0.119. The summed E-state index contributed by atoms with van der Waals surface area (Å²) in [5, 5.41) is 3.60. The first-order chi connectivity index (χ1) is 9.34. The van der Waals surface area contributed by atoms with Crippen LogP contribution in [-0.2, 0) is 9.59 Å². The second-order valence-electron chi connectivity index (χ2n) is 4.78. The number of thioether (sulfide) groups is 1. The fourth-order valence-corrected chi connectivity index (χ4v) is 2.88. The molecule has 1 fully saturated rings. The van der Waals surface area contributed by atoms with E-state index in [1.807, 2.05) is 0 Å². The molecule has 0 bridgehead atoms. The Morgan fingerprint density at radius 2 is 1.85 bits per heavy atom. The van der Waals surface area contributed by atoms with Crippen LogP contribution in [0.3, 0.4) is 0 Å². The second-order valence-corrected chi connectivity index (χ2v) is 5.77. The number of halogens is 3. The van der Waals surface area contributed by atoms with Gasteiger partial charge in [0.1, 0.15) is 0 Å². The summed E-state index contributed by atoms with van der Waals surface area (Å²) < 4.78 is 36.3. The molecular weight excluding hydrogens is 293 g/mol. The third kappa shape index (κ3) is 5.70. The number of likely N-dealkylation sites (N-methyl/N-ethyl adjacent to an activating group) is 1. The lowest BCUT2D eigenvalue weighted by Gasteiger charge is -2.25. The quantitative estimate of drug-likeness (QED) is 0.813. The molecule has 1 atom stereocenters. The van der Waals surface area contributed by atoms with Crippen molar-refractivity contribution in [2.75, 3.05) is 12.8 Å². The SMILES string of the molecule is CN[C@H](CSC(=O)C(F)(F)F)C(=O)NC1CCCCC1. The lowest BCUT2D eigenvalue weighted by Crippen LogP contribution is -2.48. The Bertz CT molecular complexity index is 344. The van der Waals surface area contributed by atoms with Gasteiger partial charge >= 0.3 is 6.18 Å². The Morgan fingerprint density at radius 1 is 1.25 bits per heavy atom. The van der Waals surface area contributed by atoms with E-state index in [1.54, 1.807) is 0 Å². The van der Waals surface area contributed by atoms with Crippen molar-refractivity contribution in [3.63, 3.8) is 0 Å². The largest absolute Gasteiger partial charge is 0.460 e. The first kappa shape index (κ1) is 17.3. The van der Waals surface area contributed by atoms with Crippen LogP contribution in [0.25, 0.3) is 0 Å². The lowest BCUT2D eigenvalue weighted by atomic mass is 9.95. The molecule has 1 amide bonds. The first-order valence-electron chi connectivity index (χ1n) is 6.56. The van der Waals surface area contributed by atoms with Gasteiger partial charge in [0.2, 0.25) is 5.91 Å². The lowest BCUT2D eigenvalue weighted by molar-refractivity contribution is -0.160. The van der Waals surface area contributed by atoms with Gasteiger partial charge < -0.3 is 10.6 Å². The normalized spacial score (nSPS) is 18.6. The molecule has 0 unspecified atom stereocenters. The summed E-state index contributed by atoms with van der Waals surface area (Å²) in [4.78, 5) is 22.7. The van der Waals surface area contributed by atoms with Gasteiger partial charge in [0.15, 0.2) is 0 Å². The number of nitrogens with one attached hydrogen (secondary N) is 2. The van der Waals surface area contributed by atoms with Gasteiger partial charge in [-0.15, -0.1) is 0 Å². The molecule has 0 aromatic rings. The fraction of sp³-hybridized carbons (Fsp3) is 0.833. The molecule has 116 valence electrons. The van der Waals surface area contributed by atoms with Crippen LogP contribution in [0.4, 0.5) is 13.2 Å². The summed E-state index contributed by atoms with van der Waals surface area (Å²) in [6.45, 7) is 0. The molecule has 8 heteroatoms. The number of rotatable bonds is 5. The van der Waals surface area contributed by atoms with Gasteiger partial charge in [-0.1, -0.05) is 31.0 Å². The molecule has 4 nitrogen and oxygen atoms in total. The number of alkyl halides is 3. The van der Waals surface area contributed by atoms with E-state index in [-0.39, 0.29) is 29.5 Å². The van der Waals surface area contributed by atoms with Gasteiger partial charge in [-0.2, -0.15) is 13.2 Å². The van der Waals surface area contributed by atoms with E-state index in [1.165, 1.54) is 7.05 Å². The van der Waals surface area contributed by atoms with Crippen molar-refractivity contribution in [3.05, 3.63) is 0 Å². The minimum atomic E-state index is -4.86. The van der Waals surface area contributed by atoms with Gasteiger partial charge in [-0.3, -0.25) is 9.59 Å². The smallest absolute Gasteiger partial charge is 0.352 e. The summed E-state index contributed by atoms with van der Waals surface area (Å²) in [5.74, 6) is -0.574. The maximum absolute atomic E-state index is 12.1. The number of carbonyl (C=O) groups is 2. The van der Waals surface area contributed by atoms with E-state index < -0.39 is 17.3 Å². The maximum Gasteiger partial charge on any atom is 0.460 e. The molecule has 0 aliphatic heterocycles. The standard InChI is InChI=1S/C12H19F3N2O2S/c1-16-9(7-20-11(19)12(13,14)15)10(18)17-8-5-3-2-4-6-8/h8-9,16H,2-7H2,1H3,(H,17,18)/t9-/m1/s1. The summed E-state index contributed by atoms with van der Waals surface area (Å²) in [6.07, 6.45) is 0.196. The predicted octanol–water partition coefficient (Wildman–Crippen LogP) is 1.85. The molecule has 1 aliphatic rings. The van der Waals surface area contributed by atoms with Crippen LogP contribution in [0.15, 0.2) is 0 Å². The van der Waals surface area contributed by atoms with Gasteiger partial charge in [0, 0.05) is 11.8 Å². The van der Waals surface area contributed by atoms with E-state index >= 15 is 0 Å². The molecule has 2 N–H and O–H groups in total. The van der Waals surface area contributed by atoms with Gasteiger partial charge in [-0.25, -0.2) is 0 Å². The highest BCUT2D eigenvalue weighted by molar-refractivity contribution is 8.13. The second kappa shape index (κ2) is 7.87. The number of carbonyl (C=O) groups excluding carboxylic acids is 2.